The van der Waals surface area contributed by atoms with E-state index in [-0.39, 0.29) is 23.5 Å². The molecule has 2 aliphatic rings. The van der Waals surface area contributed by atoms with E-state index in [1.54, 1.807) is 7.11 Å². The third-order valence-electron chi connectivity index (χ3n) is 5.64. The van der Waals surface area contributed by atoms with Gasteiger partial charge in [-0.05, 0) is 36.7 Å². The third-order valence-corrected chi connectivity index (χ3v) is 5.64. The number of carbonyl (C=O) groups excluding carboxylic acids is 2. The molecule has 25 heavy (non-hydrogen) atoms. The fourth-order valence-corrected chi connectivity index (χ4v) is 4.57. The van der Waals surface area contributed by atoms with Gasteiger partial charge in [0.2, 0.25) is 0 Å². The van der Waals surface area contributed by atoms with E-state index in [9.17, 15) is 9.59 Å². The minimum Gasteiger partial charge on any atom is -0.445 e. The summed E-state index contributed by atoms with van der Waals surface area (Å²) in [6.45, 7) is 1.46. The molecule has 2 saturated carbocycles. The highest BCUT2D eigenvalue weighted by Crippen LogP contribution is 2.60. The van der Waals surface area contributed by atoms with E-state index in [2.05, 4.69) is 5.32 Å². The molecule has 3 rings (SSSR count). The van der Waals surface area contributed by atoms with Crippen LogP contribution in [0.5, 0.6) is 0 Å². The smallest absolute Gasteiger partial charge is 0.407 e. The molecule has 0 unspecified atom stereocenters. The molecule has 2 aliphatic carbocycles. The van der Waals surface area contributed by atoms with Crippen molar-refractivity contribution in [3.05, 3.63) is 35.9 Å². The van der Waals surface area contributed by atoms with Gasteiger partial charge < -0.3 is 14.8 Å². The van der Waals surface area contributed by atoms with Gasteiger partial charge >= 0.3 is 6.09 Å². The Morgan fingerprint density at radius 2 is 1.84 bits per heavy atom. The van der Waals surface area contributed by atoms with Crippen LogP contribution in [0.1, 0.15) is 44.1 Å². The largest absolute Gasteiger partial charge is 0.445 e. The Bertz CT molecular complexity index is 595. The van der Waals surface area contributed by atoms with Crippen molar-refractivity contribution in [1.29, 1.82) is 0 Å². The normalized spacial score (nSPS) is 20.8. The van der Waals surface area contributed by atoms with Crippen molar-refractivity contribution in [2.24, 2.45) is 10.8 Å². The van der Waals surface area contributed by atoms with Gasteiger partial charge in [-0.1, -0.05) is 30.3 Å². The minimum absolute atomic E-state index is 0.0269. The fourth-order valence-electron chi connectivity index (χ4n) is 4.57. The summed E-state index contributed by atoms with van der Waals surface area (Å²) >= 11 is 0. The Morgan fingerprint density at radius 1 is 1.16 bits per heavy atom. The van der Waals surface area contributed by atoms with E-state index in [1.165, 1.54) is 0 Å². The average molecular weight is 345 g/mol. The Morgan fingerprint density at radius 3 is 2.48 bits per heavy atom. The van der Waals surface area contributed by atoms with E-state index < -0.39 is 0 Å². The zero-order valence-electron chi connectivity index (χ0n) is 14.9. The van der Waals surface area contributed by atoms with Crippen molar-refractivity contribution < 1.29 is 19.1 Å². The van der Waals surface area contributed by atoms with Crippen LogP contribution in [0.25, 0.3) is 0 Å². The third kappa shape index (κ3) is 4.40. The SMILES string of the molecule is COCC1(CNC(=O)OCc2ccccc2)CC2(CCC(=O)CC2)C1. The van der Waals surface area contributed by atoms with Gasteiger partial charge in [0.05, 0.1) is 6.61 Å². The second-order valence-electron chi connectivity index (χ2n) is 7.74. The fraction of sp³-hybridized carbons (Fsp3) is 0.600. The highest BCUT2D eigenvalue weighted by molar-refractivity contribution is 5.79. The number of methoxy groups -OCH3 is 1. The van der Waals surface area contributed by atoms with Gasteiger partial charge in [0.15, 0.2) is 0 Å². The van der Waals surface area contributed by atoms with Gasteiger partial charge in [-0.25, -0.2) is 4.79 Å². The number of Topliss-reactive ketones (excluding diaryl/α,β-unsaturated/α-hetero) is 1. The molecule has 0 radical (unpaired) electrons. The zero-order valence-corrected chi connectivity index (χ0v) is 14.9. The number of amides is 1. The summed E-state index contributed by atoms with van der Waals surface area (Å²) in [6, 6.07) is 9.64. The standard InChI is InChI=1S/C20H27NO4/c1-24-15-20(12-19(13-20)9-7-17(22)8-10-19)14-21-18(23)25-11-16-5-3-2-4-6-16/h2-6H,7-15H2,1H3,(H,21,23). The van der Waals surface area contributed by atoms with Crippen LogP contribution >= 0.6 is 0 Å². The molecule has 0 aromatic heterocycles. The lowest BCUT2D eigenvalue weighted by atomic mass is 9.48. The summed E-state index contributed by atoms with van der Waals surface area (Å²) < 4.78 is 10.7. The van der Waals surface area contributed by atoms with Crippen LogP contribution in [-0.2, 0) is 20.9 Å². The number of carbonyl (C=O) groups is 2. The van der Waals surface area contributed by atoms with Gasteiger partial charge in [0.25, 0.3) is 0 Å². The van der Waals surface area contributed by atoms with E-state index in [1.807, 2.05) is 30.3 Å². The second-order valence-corrected chi connectivity index (χ2v) is 7.74. The van der Waals surface area contributed by atoms with Crippen molar-refractivity contribution in [2.75, 3.05) is 20.3 Å². The van der Waals surface area contributed by atoms with Crippen LogP contribution in [0.4, 0.5) is 4.79 Å². The summed E-state index contributed by atoms with van der Waals surface area (Å²) in [7, 11) is 1.70. The molecule has 0 heterocycles. The number of ketones is 1. The number of rotatable bonds is 6. The van der Waals surface area contributed by atoms with E-state index in [0.29, 0.717) is 31.8 Å². The van der Waals surface area contributed by atoms with Crippen LogP contribution < -0.4 is 5.32 Å². The van der Waals surface area contributed by atoms with Crippen molar-refractivity contribution in [2.45, 2.75) is 45.1 Å². The van der Waals surface area contributed by atoms with Crippen LogP contribution in [0.3, 0.4) is 0 Å². The molecule has 1 aromatic carbocycles. The van der Waals surface area contributed by atoms with Crippen LogP contribution in [0, 0.1) is 10.8 Å². The zero-order chi connectivity index (χ0) is 17.8. The van der Waals surface area contributed by atoms with Crippen molar-refractivity contribution in [3.63, 3.8) is 0 Å². The molecule has 0 aliphatic heterocycles. The van der Waals surface area contributed by atoms with Gasteiger partial charge in [-0.15, -0.1) is 0 Å². The van der Waals surface area contributed by atoms with Crippen LogP contribution in [0.2, 0.25) is 0 Å². The van der Waals surface area contributed by atoms with Gasteiger partial charge in [-0.2, -0.15) is 0 Å². The Labute approximate surface area is 149 Å². The molecule has 136 valence electrons. The lowest BCUT2D eigenvalue weighted by Gasteiger charge is -2.57. The summed E-state index contributed by atoms with van der Waals surface area (Å²) in [6.07, 6.45) is 5.01. The molecule has 5 heteroatoms. The minimum atomic E-state index is -0.390. The number of hydrogen-bond acceptors (Lipinski definition) is 4. The van der Waals surface area contributed by atoms with E-state index in [0.717, 1.165) is 31.2 Å². The number of ether oxygens (including phenoxy) is 2. The van der Waals surface area contributed by atoms with Crippen LogP contribution in [-0.4, -0.2) is 32.1 Å². The summed E-state index contributed by atoms with van der Waals surface area (Å²) in [5, 5.41) is 2.90. The maximum Gasteiger partial charge on any atom is 0.407 e. The van der Waals surface area contributed by atoms with Gasteiger partial charge in [0.1, 0.15) is 12.4 Å². The first-order valence-electron chi connectivity index (χ1n) is 9.00. The molecule has 0 bridgehead atoms. The molecule has 1 aromatic rings. The first kappa shape index (κ1) is 17.9. The molecule has 1 amide bonds. The summed E-state index contributed by atoms with van der Waals surface area (Å²) in [5.74, 6) is 0.387. The van der Waals surface area contributed by atoms with Crippen molar-refractivity contribution in [1.82, 2.24) is 5.32 Å². The molecule has 0 saturated heterocycles. The van der Waals surface area contributed by atoms with E-state index in [4.69, 9.17) is 9.47 Å². The molecular weight excluding hydrogens is 318 g/mol. The van der Waals surface area contributed by atoms with Gasteiger partial charge in [-0.3, -0.25) is 4.79 Å². The highest BCUT2D eigenvalue weighted by Gasteiger charge is 2.55. The number of hydrogen-bond donors (Lipinski definition) is 1. The molecule has 1 spiro atoms. The summed E-state index contributed by atoms with van der Waals surface area (Å²) in [4.78, 5) is 23.5. The molecule has 0 atom stereocenters. The molecule has 5 nitrogen and oxygen atoms in total. The molecular formula is C20H27NO4. The number of nitrogens with one attached hydrogen (secondary N) is 1. The lowest BCUT2D eigenvalue weighted by Crippen LogP contribution is -2.55. The predicted molar refractivity (Wildman–Crippen MR) is 94.1 cm³/mol. The van der Waals surface area contributed by atoms with Crippen molar-refractivity contribution >= 4 is 11.9 Å². The number of benzene rings is 1. The van der Waals surface area contributed by atoms with Gasteiger partial charge in [0, 0.05) is 31.9 Å². The Kier molecular flexibility index (Phi) is 5.42. The quantitative estimate of drug-likeness (QED) is 0.857. The average Bonchev–Trinajstić information content (AvgIpc) is 2.60. The monoisotopic (exact) mass is 345 g/mol. The van der Waals surface area contributed by atoms with E-state index >= 15 is 0 Å². The highest BCUT2D eigenvalue weighted by atomic mass is 16.5. The van der Waals surface area contributed by atoms with Crippen molar-refractivity contribution in [3.8, 4) is 0 Å². The predicted octanol–water partition coefficient (Wildman–Crippen LogP) is 3.47. The van der Waals surface area contributed by atoms with Crippen LogP contribution in [0.15, 0.2) is 30.3 Å². The Hall–Kier alpha value is -1.88. The number of alkyl carbamates (subject to hydrolysis) is 1. The molecule has 1 N–H and O–H groups in total. The maximum atomic E-state index is 12.0. The Balaban J connectivity index is 1.46. The maximum absolute atomic E-state index is 12.0. The molecule has 2 fully saturated rings. The first-order valence-corrected chi connectivity index (χ1v) is 9.00. The summed E-state index contributed by atoms with van der Waals surface area (Å²) in [5.41, 5.74) is 1.22. The topological polar surface area (TPSA) is 64.6 Å². The first-order chi connectivity index (χ1) is 12.0. The second kappa shape index (κ2) is 7.56. The lowest BCUT2D eigenvalue weighted by molar-refractivity contribution is -0.134.